The Balaban J connectivity index is 2.93. The van der Waals surface area contributed by atoms with Gasteiger partial charge in [0.05, 0.1) is 13.2 Å². The van der Waals surface area contributed by atoms with E-state index in [1.165, 1.54) is 6.07 Å². The fourth-order valence-electron chi connectivity index (χ4n) is 1.48. The maximum Gasteiger partial charge on any atom is 0.255 e. The number of nitrogen functional groups attached to an aromatic ring is 1. The van der Waals surface area contributed by atoms with Crippen molar-refractivity contribution in [2.24, 2.45) is 0 Å². The largest absolute Gasteiger partial charge is 0.399 e. The summed E-state index contributed by atoms with van der Waals surface area (Å²) in [6.07, 6.45) is -2.73. The van der Waals surface area contributed by atoms with Gasteiger partial charge in [0, 0.05) is 17.8 Å². The van der Waals surface area contributed by atoms with Gasteiger partial charge in [0.2, 0.25) is 0 Å². The molecule has 7 heteroatoms. The van der Waals surface area contributed by atoms with E-state index < -0.39 is 31.3 Å². The van der Waals surface area contributed by atoms with Crippen molar-refractivity contribution in [2.45, 2.75) is 6.43 Å². The lowest BCUT2D eigenvalue weighted by molar-refractivity contribution is 0.0509. The van der Waals surface area contributed by atoms with Crippen LogP contribution in [0.5, 0.6) is 0 Å². The molecule has 1 aromatic carbocycles. The van der Waals surface area contributed by atoms with Crippen molar-refractivity contribution >= 4 is 11.6 Å². The van der Waals surface area contributed by atoms with Crippen LogP contribution in [0.1, 0.15) is 10.4 Å². The third-order valence-electron chi connectivity index (χ3n) is 2.18. The molecule has 0 radical (unpaired) electrons. The van der Waals surface area contributed by atoms with Crippen LogP contribution in [0.15, 0.2) is 18.2 Å². The minimum Gasteiger partial charge on any atom is -0.399 e. The standard InChI is InChI=1S/C11H13F3N2O2/c12-8-3-7(4-9(15)5-8)11(18)16(1-2-17)6-10(13)14/h3-5,10,17H,1-2,6,15H2. The van der Waals surface area contributed by atoms with Crippen LogP contribution in [0, 0.1) is 5.82 Å². The Morgan fingerprint density at radius 3 is 2.56 bits per heavy atom. The van der Waals surface area contributed by atoms with Gasteiger partial charge in [-0.15, -0.1) is 0 Å². The van der Waals surface area contributed by atoms with Gasteiger partial charge >= 0.3 is 0 Å². The minimum atomic E-state index is -2.73. The van der Waals surface area contributed by atoms with Gasteiger partial charge in [-0.2, -0.15) is 0 Å². The van der Waals surface area contributed by atoms with Crippen molar-refractivity contribution in [3.8, 4) is 0 Å². The molecule has 0 aliphatic carbocycles. The van der Waals surface area contributed by atoms with Crippen LogP contribution >= 0.6 is 0 Å². The van der Waals surface area contributed by atoms with E-state index in [1.807, 2.05) is 0 Å². The molecule has 0 bridgehead atoms. The van der Waals surface area contributed by atoms with Crippen LogP contribution < -0.4 is 5.73 Å². The second-order valence-electron chi connectivity index (χ2n) is 3.64. The molecule has 0 saturated carbocycles. The molecular weight excluding hydrogens is 249 g/mol. The van der Waals surface area contributed by atoms with Crippen LogP contribution in [-0.2, 0) is 0 Å². The minimum absolute atomic E-state index is 0.0272. The zero-order valence-corrected chi connectivity index (χ0v) is 9.44. The summed E-state index contributed by atoms with van der Waals surface area (Å²) in [5.41, 5.74) is 5.27. The Hall–Kier alpha value is -1.76. The summed E-state index contributed by atoms with van der Waals surface area (Å²) in [7, 11) is 0. The first kappa shape index (κ1) is 14.3. The quantitative estimate of drug-likeness (QED) is 0.781. The first-order valence-electron chi connectivity index (χ1n) is 5.18. The first-order valence-corrected chi connectivity index (χ1v) is 5.18. The zero-order valence-electron chi connectivity index (χ0n) is 9.44. The molecule has 1 rings (SSSR count). The van der Waals surface area contributed by atoms with Crippen LogP contribution in [-0.4, -0.2) is 42.0 Å². The number of alkyl halides is 2. The number of aliphatic hydroxyl groups is 1. The molecule has 3 N–H and O–H groups in total. The molecule has 1 aromatic rings. The van der Waals surface area contributed by atoms with Gasteiger partial charge in [-0.3, -0.25) is 4.79 Å². The van der Waals surface area contributed by atoms with E-state index >= 15 is 0 Å². The summed E-state index contributed by atoms with van der Waals surface area (Å²) in [4.78, 5) is 12.6. The maximum absolute atomic E-state index is 13.1. The van der Waals surface area contributed by atoms with Gasteiger partial charge in [-0.1, -0.05) is 0 Å². The molecule has 0 aliphatic heterocycles. The van der Waals surface area contributed by atoms with Crippen molar-refractivity contribution in [2.75, 3.05) is 25.4 Å². The molecule has 18 heavy (non-hydrogen) atoms. The lowest BCUT2D eigenvalue weighted by atomic mass is 10.1. The number of rotatable bonds is 5. The van der Waals surface area contributed by atoms with Crippen LogP contribution in [0.3, 0.4) is 0 Å². The smallest absolute Gasteiger partial charge is 0.255 e. The number of nitrogens with two attached hydrogens (primary N) is 1. The highest BCUT2D eigenvalue weighted by molar-refractivity contribution is 5.95. The Morgan fingerprint density at radius 1 is 1.39 bits per heavy atom. The number of hydrogen-bond acceptors (Lipinski definition) is 3. The molecule has 0 atom stereocenters. The summed E-state index contributed by atoms with van der Waals surface area (Å²) < 4.78 is 37.6. The van der Waals surface area contributed by atoms with Crippen LogP contribution in [0.25, 0.3) is 0 Å². The number of carbonyl (C=O) groups is 1. The monoisotopic (exact) mass is 262 g/mol. The van der Waals surface area contributed by atoms with Gasteiger partial charge in [-0.05, 0) is 18.2 Å². The van der Waals surface area contributed by atoms with E-state index in [-0.39, 0.29) is 17.8 Å². The Labute approximate surface area is 102 Å². The average molecular weight is 262 g/mol. The zero-order chi connectivity index (χ0) is 13.7. The van der Waals surface area contributed by atoms with Crippen LogP contribution in [0.4, 0.5) is 18.9 Å². The summed E-state index contributed by atoms with van der Waals surface area (Å²) in [6, 6.07) is 3.12. The number of anilines is 1. The normalized spacial score (nSPS) is 10.7. The molecule has 4 nitrogen and oxygen atoms in total. The highest BCUT2D eigenvalue weighted by Gasteiger charge is 2.20. The summed E-state index contributed by atoms with van der Waals surface area (Å²) in [6.45, 7) is -1.53. The molecule has 0 fully saturated rings. The summed E-state index contributed by atoms with van der Waals surface area (Å²) >= 11 is 0. The fourth-order valence-corrected chi connectivity index (χ4v) is 1.48. The topological polar surface area (TPSA) is 66.6 Å². The third kappa shape index (κ3) is 3.92. The van der Waals surface area contributed by atoms with E-state index in [4.69, 9.17) is 10.8 Å². The number of nitrogens with zero attached hydrogens (tertiary/aromatic N) is 1. The fraction of sp³-hybridized carbons (Fsp3) is 0.364. The molecule has 0 unspecified atom stereocenters. The highest BCUT2D eigenvalue weighted by atomic mass is 19.3. The number of benzene rings is 1. The molecule has 0 heterocycles. The number of carbonyl (C=O) groups excluding carboxylic acids is 1. The number of amides is 1. The summed E-state index contributed by atoms with van der Waals surface area (Å²) in [5, 5.41) is 8.72. The van der Waals surface area contributed by atoms with Crippen molar-refractivity contribution < 1.29 is 23.1 Å². The first-order chi connectivity index (χ1) is 8.43. The molecular formula is C11H13F3N2O2. The van der Waals surface area contributed by atoms with E-state index in [0.717, 1.165) is 17.0 Å². The third-order valence-corrected chi connectivity index (χ3v) is 2.18. The van der Waals surface area contributed by atoms with E-state index in [2.05, 4.69) is 0 Å². The number of hydrogen-bond donors (Lipinski definition) is 2. The molecule has 100 valence electrons. The molecule has 0 spiro atoms. The maximum atomic E-state index is 13.1. The average Bonchev–Trinajstić information content (AvgIpc) is 2.25. The van der Waals surface area contributed by atoms with E-state index in [1.54, 1.807) is 0 Å². The van der Waals surface area contributed by atoms with Crippen molar-refractivity contribution in [1.29, 1.82) is 0 Å². The second-order valence-corrected chi connectivity index (χ2v) is 3.64. The van der Waals surface area contributed by atoms with Crippen LogP contribution in [0.2, 0.25) is 0 Å². The van der Waals surface area contributed by atoms with E-state index in [9.17, 15) is 18.0 Å². The Morgan fingerprint density at radius 2 is 2.06 bits per heavy atom. The van der Waals surface area contributed by atoms with Gasteiger partial charge in [0.25, 0.3) is 12.3 Å². The van der Waals surface area contributed by atoms with Crippen molar-refractivity contribution in [3.63, 3.8) is 0 Å². The number of halogens is 3. The Kier molecular flexibility index (Phi) is 4.96. The highest BCUT2D eigenvalue weighted by Crippen LogP contribution is 2.13. The molecule has 0 saturated heterocycles. The van der Waals surface area contributed by atoms with Gasteiger partial charge in [0.15, 0.2) is 0 Å². The van der Waals surface area contributed by atoms with E-state index in [0.29, 0.717) is 0 Å². The van der Waals surface area contributed by atoms with Gasteiger partial charge in [-0.25, -0.2) is 13.2 Å². The van der Waals surface area contributed by atoms with Gasteiger partial charge in [0.1, 0.15) is 5.82 Å². The predicted octanol–water partition coefficient (Wildman–Crippen LogP) is 1.11. The number of aliphatic hydroxyl groups excluding tert-OH is 1. The van der Waals surface area contributed by atoms with Gasteiger partial charge < -0.3 is 15.7 Å². The molecule has 0 aliphatic rings. The van der Waals surface area contributed by atoms with Crippen molar-refractivity contribution in [1.82, 2.24) is 4.90 Å². The lowest BCUT2D eigenvalue weighted by Gasteiger charge is -2.21. The Bertz CT molecular complexity index is 406. The predicted molar refractivity (Wildman–Crippen MR) is 59.8 cm³/mol. The summed E-state index contributed by atoms with van der Waals surface area (Å²) in [5.74, 6) is -1.52. The lowest BCUT2D eigenvalue weighted by Crippen LogP contribution is -2.37. The second kappa shape index (κ2) is 6.25. The van der Waals surface area contributed by atoms with Crippen molar-refractivity contribution in [3.05, 3.63) is 29.6 Å². The molecule has 1 amide bonds. The SMILES string of the molecule is Nc1cc(F)cc(C(=O)N(CCO)CC(F)F)c1. The molecule has 0 aromatic heterocycles.